The summed E-state index contributed by atoms with van der Waals surface area (Å²) in [4.78, 5) is 13.3. The normalized spacial score (nSPS) is 12.1. The number of benzene rings is 1. The first-order valence-electron chi connectivity index (χ1n) is 7.33. The van der Waals surface area contributed by atoms with Crippen LogP contribution in [-0.4, -0.2) is 16.0 Å². The Labute approximate surface area is 148 Å². The van der Waals surface area contributed by atoms with E-state index in [2.05, 4.69) is 10.2 Å². The summed E-state index contributed by atoms with van der Waals surface area (Å²) in [6.45, 7) is 3.42. The van der Waals surface area contributed by atoms with E-state index in [0.29, 0.717) is 21.5 Å². The molecule has 124 valence electrons. The number of ketones is 1. The number of nitrogen functional groups attached to an aromatic ring is 1. The van der Waals surface area contributed by atoms with Crippen molar-refractivity contribution in [1.29, 1.82) is 0 Å². The van der Waals surface area contributed by atoms with Crippen molar-refractivity contribution in [2.24, 2.45) is 0 Å². The van der Waals surface area contributed by atoms with E-state index in [1.165, 1.54) is 18.3 Å². The van der Waals surface area contributed by atoms with Crippen molar-refractivity contribution in [3.05, 3.63) is 51.9 Å². The van der Waals surface area contributed by atoms with E-state index in [9.17, 15) is 4.79 Å². The molecule has 1 atom stereocenters. The molecular formula is C17H16ClN3O2S. The van der Waals surface area contributed by atoms with Crippen molar-refractivity contribution in [1.82, 2.24) is 10.2 Å². The maximum absolute atomic E-state index is 12.0. The predicted molar refractivity (Wildman–Crippen MR) is 96.8 cm³/mol. The van der Waals surface area contributed by atoms with E-state index in [0.717, 1.165) is 16.1 Å². The Morgan fingerprint density at radius 2 is 2.12 bits per heavy atom. The second-order valence-corrected chi connectivity index (χ2v) is 6.81. The Bertz CT molecular complexity index is 888. The van der Waals surface area contributed by atoms with Gasteiger partial charge in [0.1, 0.15) is 22.5 Å². The fourth-order valence-electron chi connectivity index (χ4n) is 2.36. The van der Waals surface area contributed by atoms with Gasteiger partial charge >= 0.3 is 0 Å². The van der Waals surface area contributed by atoms with Gasteiger partial charge in [0, 0.05) is 29.6 Å². The van der Waals surface area contributed by atoms with Crippen molar-refractivity contribution in [3.63, 3.8) is 0 Å². The molecule has 0 fully saturated rings. The van der Waals surface area contributed by atoms with Crippen LogP contribution in [0.4, 0.5) is 5.82 Å². The van der Waals surface area contributed by atoms with Crippen LogP contribution in [0.1, 0.15) is 35.2 Å². The van der Waals surface area contributed by atoms with Crippen LogP contribution < -0.4 is 10.5 Å². The summed E-state index contributed by atoms with van der Waals surface area (Å²) in [5.41, 5.74) is 7.26. The largest absolute Gasteiger partial charge is 0.484 e. The molecule has 3 aromatic rings. The SMILES string of the molecule is CC(=O)c1sc(-c2cc(N)n[nH]2)cc1OC(C)c1ccccc1Cl. The van der Waals surface area contributed by atoms with E-state index in [1.54, 1.807) is 6.07 Å². The minimum absolute atomic E-state index is 0.0555. The number of aromatic amines is 1. The van der Waals surface area contributed by atoms with Crippen molar-refractivity contribution in [2.45, 2.75) is 20.0 Å². The summed E-state index contributed by atoms with van der Waals surface area (Å²) in [5, 5.41) is 7.39. The van der Waals surface area contributed by atoms with Gasteiger partial charge in [0.2, 0.25) is 0 Å². The quantitative estimate of drug-likeness (QED) is 0.644. The maximum atomic E-state index is 12.0. The molecule has 0 bridgehead atoms. The molecule has 0 saturated carbocycles. The Morgan fingerprint density at radius 3 is 2.75 bits per heavy atom. The van der Waals surface area contributed by atoms with Crippen LogP contribution in [0, 0.1) is 0 Å². The minimum atomic E-state index is -0.286. The number of halogens is 1. The van der Waals surface area contributed by atoms with Crippen LogP contribution in [0.3, 0.4) is 0 Å². The van der Waals surface area contributed by atoms with Crippen molar-refractivity contribution >= 4 is 34.5 Å². The van der Waals surface area contributed by atoms with Crippen LogP contribution >= 0.6 is 22.9 Å². The average molecular weight is 362 g/mol. The number of nitrogens with one attached hydrogen (secondary N) is 1. The molecule has 0 amide bonds. The Balaban J connectivity index is 1.93. The molecule has 0 aliphatic carbocycles. The Kier molecular flexibility index (Phi) is 4.59. The van der Waals surface area contributed by atoms with Gasteiger partial charge in [-0.25, -0.2) is 0 Å². The molecule has 1 aromatic carbocycles. The van der Waals surface area contributed by atoms with Crippen LogP contribution in [0.25, 0.3) is 10.6 Å². The third-order valence-corrected chi connectivity index (χ3v) is 5.12. The summed E-state index contributed by atoms with van der Waals surface area (Å²) in [6, 6.07) is 11.0. The number of carbonyl (C=O) groups is 1. The van der Waals surface area contributed by atoms with Crippen LogP contribution in [0.15, 0.2) is 36.4 Å². The number of aromatic nitrogens is 2. The Morgan fingerprint density at radius 1 is 1.38 bits per heavy atom. The number of rotatable bonds is 5. The second-order valence-electron chi connectivity index (χ2n) is 5.35. The number of carbonyl (C=O) groups excluding carboxylic acids is 1. The highest BCUT2D eigenvalue weighted by molar-refractivity contribution is 7.17. The fraction of sp³-hybridized carbons (Fsp3) is 0.176. The average Bonchev–Trinajstić information content (AvgIpc) is 3.14. The van der Waals surface area contributed by atoms with Crippen molar-refractivity contribution in [3.8, 4) is 16.3 Å². The molecule has 0 spiro atoms. The van der Waals surface area contributed by atoms with Crippen LogP contribution in [-0.2, 0) is 0 Å². The molecule has 0 aliphatic heterocycles. The summed E-state index contributed by atoms with van der Waals surface area (Å²) < 4.78 is 6.02. The molecule has 2 aromatic heterocycles. The molecule has 5 nitrogen and oxygen atoms in total. The fourth-order valence-corrected chi connectivity index (χ4v) is 3.60. The highest BCUT2D eigenvalue weighted by Crippen LogP contribution is 2.38. The molecular weight excluding hydrogens is 346 g/mol. The van der Waals surface area contributed by atoms with Crippen LogP contribution in [0.2, 0.25) is 5.02 Å². The molecule has 24 heavy (non-hydrogen) atoms. The molecule has 0 radical (unpaired) electrons. The summed E-state index contributed by atoms with van der Waals surface area (Å²) in [7, 11) is 0. The number of H-pyrrole nitrogens is 1. The lowest BCUT2D eigenvalue weighted by atomic mass is 10.1. The first-order chi connectivity index (χ1) is 11.5. The second kappa shape index (κ2) is 6.67. The number of anilines is 1. The first-order valence-corrected chi connectivity index (χ1v) is 8.52. The number of ether oxygens (including phenoxy) is 1. The zero-order valence-corrected chi connectivity index (χ0v) is 14.7. The smallest absolute Gasteiger partial charge is 0.173 e. The third kappa shape index (κ3) is 3.29. The van der Waals surface area contributed by atoms with E-state index >= 15 is 0 Å². The van der Waals surface area contributed by atoms with Gasteiger partial charge in [0.05, 0.1) is 10.6 Å². The van der Waals surface area contributed by atoms with Gasteiger partial charge in [-0.05, 0) is 13.0 Å². The molecule has 3 N–H and O–H groups in total. The number of Topliss-reactive ketones (excluding diaryl/α,β-unsaturated/α-hetero) is 1. The topological polar surface area (TPSA) is 81.0 Å². The molecule has 0 saturated heterocycles. The van der Waals surface area contributed by atoms with Crippen molar-refractivity contribution < 1.29 is 9.53 Å². The summed E-state index contributed by atoms with van der Waals surface area (Å²) in [5.74, 6) is 0.873. The monoisotopic (exact) mass is 361 g/mol. The van der Waals surface area contributed by atoms with Crippen LogP contribution in [0.5, 0.6) is 5.75 Å². The number of hydrogen-bond donors (Lipinski definition) is 2. The van der Waals surface area contributed by atoms with E-state index < -0.39 is 0 Å². The van der Waals surface area contributed by atoms with Gasteiger partial charge in [0.15, 0.2) is 5.78 Å². The maximum Gasteiger partial charge on any atom is 0.173 e. The van der Waals surface area contributed by atoms with Crippen molar-refractivity contribution in [2.75, 3.05) is 5.73 Å². The van der Waals surface area contributed by atoms with E-state index in [4.69, 9.17) is 22.1 Å². The lowest BCUT2D eigenvalue weighted by Crippen LogP contribution is -2.05. The van der Waals surface area contributed by atoms with Gasteiger partial charge in [0.25, 0.3) is 0 Å². The highest BCUT2D eigenvalue weighted by atomic mass is 35.5. The predicted octanol–water partition coefficient (Wildman–Crippen LogP) is 4.72. The molecule has 2 heterocycles. The van der Waals surface area contributed by atoms with Gasteiger partial charge < -0.3 is 10.5 Å². The standard InChI is InChI=1S/C17H16ClN3O2S/c1-9(22)17-14(8-15(24-17)13-7-16(19)21-20-13)23-10(2)11-5-3-4-6-12(11)18/h3-8,10H,1-2H3,(H3,19,20,21). The summed E-state index contributed by atoms with van der Waals surface area (Å²) >= 11 is 7.56. The number of thiophene rings is 1. The zero-order chi connectivity index (χ0) is 17.3. The minimum Gasteiger partial charge on any atom is -0.484 e. The molecule has 3 rings (SSSR count). The van der Waals surface area contributed by atoms with Gasteiger partial charge in [-0.2, -0.15) is 5.10 Å². The first kappa shape index (κ1) is 16.5. The lowest BCUT2D eigenvalue weighted by Gasteiger charge is -2.16. The number of nitrogens with zero attached hydrogens (tertiary/aromatic N) is 1. The van der Waals surface area contributed by atoms with Gasteiger partial charge in [-0.3, -0.25) is 9.89 Å². The third-order valence-electron chi connectivity index (χ3n) is 3.53. The highest BCUT2D eigenvalue weighted by Gasteiger charge is 2.20. The Hall–Kier alpha value is -2.31. The van der Waals surface area contributed by atoms with E-state index in [1.807, 2.05) is 37.3 Å². The molecule has 1 unspecified atom stereocenters. The van der Waals surface area contributed by atoms with E-state index in [-0.39, 0.29) is 11.9 Å². The van der Waals surface area contributed by atoms with Gasteiger partial charge in [-0.15, -0.1) is 11.3 Å². The molecule has 7 heteroatoms. The number of nitrogens with two attached hydrogens (primary N) is 1. The lowest BCUT2D eigenvalue weighted by molar-refractivity contribution is 0.101. The zero-order valence-electron chi connectivity index (χ0n) is 13.2. The molecule has 0 aliphatic rings. The summed E-state index contributed by atoms with van der Waals surface area (Å²) in [6.07, 6.45) is -0.286. The van der Waals surface area contributed by atoms with Gasteiger partial charge in [-0.1, -0.05) is 29.8 Å². The number of hydrogen-bond acceptors (Lipinski definition) is 5.